The van der Waals surface area contributed by atoms with Gasteiger partial charge in [0, 0.05) is 5.69 Å². The number of hydrogen-bond donors (Lipinski definition) is 1. The van der Waals surface area contributed by atoms with Crippen molar-refractivity contribution in [2.75, 3.05) is 5.75 Å². The van der Waals surface area contributed by atoms with Crippen molar-refractivity contribution in [3.63, 3.8) is 0 Å². The van der Waals surface area contributed by atoms with Gasteiger partial charge in [-0.25, -0.2) is 4.79 Å². The molecule has 0 bridgehead atoms. The zero-order valence-corrected chi connectivity index (χ0v) is 19.2. The van der Waals surface area contributed by atoms with Crippen LogP contribution in [0.1, 0.15) is 103 Å². The first-order chi connectivity index (χ1) is 12.6. The van der Waals surface area contributed by atoms with Crippen LogP contribution in [0, 0.1) is 6.92 Å². The maximum atomic E-state index is 11.4. The fourth-order valence-electron chi connectivity index (χ4n) is 3.11. The van der Waals surface area contributed by atoms with Crippen molar-refractivity contribution in [3.05, 3.63) is 20.7 Å². The molecule has 0 spiro atoms. The molecule has 0 saturated heterocycles. The summed E-state index contributed by atoms with van der Waals surface area (Å²) in [6.45, 7) is 4.17. The van der Waals surface area contributed by atoms with Crippen LogP contribution in [0.25, 0.3) is 0 Å². The van der Waals surface area contributed by atoms with Crippen molar-refractivity contribution < 1.29 is 0 Å². The lowest BCUT2D eigenvalue weighted by atomic mass is 10.0. The van der Waals surface area contributed by atoms with Gasteiger partial charge >= 0.3 is 5.69 Å². The average Bonchev–Trinajstić information content (AvgIpc) is 2.62. The van der Waals surface area contributed by atoms with E-state index in [4.69, 9.17) is 0 Å². The quantitative estimate of drug-likeness (QED) is 0.164. The maximum absolute atomic E-state index is 11.4. The van der Waals surface area contributed by atoms with Crippen molar-refractivity contribution in [2.24, 2.45) is 0 Å². The van der Waals surface area contributed by atoms with Crippen LogP contribution in [0.5, 0.6) is 0 Å². The Morgan fingerprint density at radius 3 is 1.81 bits per heavy atom. The van der Waals surface area contributed by atoms with Crippen LogP contribution in [0.2, 0.25) is 0 Å². The smallest absolute Gasteiger partial charge is 0.309 e. The summed E-state index contributed by atoms with van der Waals surface area (Å²) >= 11 is 5.19. The number of halogens is 1. The van der Waals surface area contributed by atoms with Gasteiger partial charge in [0.05, 0.1) is 4.47 Å². The minimum atomic E-state index is -0.255. The highest BCUT2D eigenvalue weighted by molar-refractivity contribution is 9.10. The topological polar surface area (TPSA) is 45.8 Å². The van der Waals surface area contributed by atoms with E-state index in [2.05, 4.69) is 32.8 Å². The van der Waals surface area contributed by atoms with Crippen LogP contribution in [0.4, 0.5) is 0 Å². The maximum Gasteiger partial charge on any atom is 0.346 e. The van der Waals surface area contributed by atoms with Gasteiger partial charge in [0.15, 0.2) is 0 Å². The largest absolute Gasteiger partial charge is 0.346 e. The summed E-state index contributed by atoms with van der Waals surface area (Å²) in [6, 6.07) is 0. The summed E-state index contributed by atoms with van der Waals surface area (Å²) < 4.78 is 0.924. The zero-order valence-electron chi connectivity index (χ0n) is 16.7. The van der Waals surface area contributed by atoms with E-state index in [1.54, 1.807) is 11.8 Å². The average molecular weight is 446 g/mol. The van der Waals surface area contributed by atoms with Crippen molar-refractivity contribution in [1.82, 2.24) is 9.97 Å². The lowest BCUT2D eigenvalue weighted by Crippen LogP contribution is -2.13. The first-order valence-electron chi connectivity index (χ1n) is 10.5. The highest BCUT2D eigenvalue weighted by atomic mass is 79.9. The molecule has 0 aliphatic heterocycles. The molecule has 1 N–H and O–H groups in total. The van der Waals surface area contributed by atoms with Gasteiger partial charge in [-0.3, -0.25) is 0 Å². The van der Waals surface area contributed by atoms with E-state index in [1.807, 2.05) is 6.92 Å². The highest BCUT2D eigenvalue weighted by Crippen LogP contribution is 2.26. The van der Waals surface area contributed by atoms with E-state index in [-0.39, 0.29) is 5.69 Å². The monoisotopic (exact) mass is 444 g/mol. The van der Waals surface area contributed by atoms with Crippen LogP contribution in [-0.2, 0) is 0 Å². The summed E-state index contributed by atoms with van der Waals surface area (Å²) in [4.78, 5) is 18.2. The summed E-state index contributed by atoms with van der Waals surface area (Å²) in [5, 5.41) is 0.820. The van der Waals surface area contributed by atoms with Crippen LogP contribution >= 0.6 is 27.7 Å². The molecular formula is C21H37BrN2OS. The number of hydrogen-bond acceptors (Lipinski definition) is 3. The number of unbranched alkanes of at least 4 members (excludes halogenated alkanes) is 13. The summed E-state index contributed by atoms with van der Waals surface area (Å²) in [5.74, 6) is 1.03. The van der Waals surface area contributed by atoms with Gasteiger partial charge in [-0.2, -0.15) is 4.98 Å². The summed E-state index contributed by atoms with van der Waals surface area (Å²) in [6.07, 6.45) is 19.3. The number of rotatable bonds is 16. The number of aromatic amines is 1. The Bertz CT molecular complexity index is 533. The number of H-pyrrole nitrogens is 1. The number of nitrogens with one attached hydrogen (secondary N) is 1. The molecule has 150 valence electrons. The van der Waals surface area contributed by atoms with E-state index < -0.39 is 0 Å². The van der Waals surface area contributed by atoms with Crippen LogP contribution < -0.4 is 5.69 Å². The molecule has 0 radical (unpaired) electrons. The molecular weight excluding hydrogens is 408 g/mol. The first-order valence-corrected chi connectivity index (χ1v) is 12.3. The molecule has 1 heterocycles. The Hall–Kier alpha value is -0.290. The molecule has 0 fully saturated rings. The Morgan fingerprint density at radius 1 is 0.846 bits per heavy atom. The molecule has 1 aromatic heterocycles. The van der Waals surface area contributed by atoms with Gasteiger partial charge in [-0.15, -0.1) is 11.8 Å². The van der Waals surface area contributed by atoms with Crippen molar-refractivity contribution in [1.29, 1.82) is 0 Å². The Kier molecular flexibility index (Phi) is 14.4. The predicted molar refractivity (Wildman–Crippen MR) is 118 cm³/mol. The second-order valence-corrected chi connectivity index (χ2v) is 9.11. The normalized spacial score (nSPS) is 11.2. The molecule has 0 saturated carbocycles. The molecule has 5 heteroatoms. The molecule has 0 aliphatic rings. The van der Waals surface area contributed by atoms with Crippen LogP contribution in [-0.4, -0.2) is 15.7 Å². The minimum absolute atomic E-state index is 0.255. The molecule has 0 aromatic carbocycles. The Morgan fingerprint density at radius 2 is 1.31 bits per heavy atom. The van der Waals surface area contributed by atoms with Crippen LogP contribution in [0.3, 0.4) is 0 Å². The lowest BCUT2D eigenvalue weighted by molar-refractivity contribution is 0.538. The second-order valence-electron chi connectivity index (χ2n) is 7.23. The summed E-state index contributed by atoms with van der Waals surface area (Å²) in [5.41, 5.74) is 0.600. The molecule has 26 heavy (non-hydrogen) atoms. The highest BCUT2D eigenvalue weighted by Gasteiger charge is 2.07. The third kappa shape index (κ3) is 11.4. The predicted octanol–water partition coefficient (Wildman–Crippen LogP) is 7.41. The van der Waals surface area contributed by atoms with E-state index in [1.165, 1.54) is 89.9 Å². The number of aromatic nitrogens is 2. The first kappa shape index (κ1) is 23.7. The summed E-state index contributed by atoms with van der Waals surface area (Å²) in [7, 11) is 0. The standard InChI is InChI=1S/C21H37BrN2OS/c1-3-4-5-6-7-8-9-10-11-12-13-14-15-16-17-26-20-19(22)18(2)23-21(25)24-20/h3-17H2,1-2H3,(H,23,24,25). The van der Waals surface area contributed by atoms with Crippen molar-refractivity contribution in [3.8, 4) is 0 Å². The van der Waals surface area contributed by atoms with Gasteiger partial charge in [0.2, 0.25) is 0 Å². The fourth-order valence-corrected chi connectivity index (χ4v) is 4.61. The van der Waals surface area contributed by atoms with Crippen LogP contribution in [0.15, 0.2) is 14.3 Å². The van der Waals surface area contributed by atoms with E-state index >= 15 is 0 Å². The van der Waals surface area contributed by atoms with Crippen molar-refractivity contribution in [2.45, 2.75) is 109 Å². The molecule has 0 atom stereocenters. The van der Waals surface area contributed by atoms with Gasteiger partial charge in [0.25, 0.3) is 0 Å². The van der Waals surface area contributed by atoms with E-state index in [9.17, 15) is 4.79 Å². The van der Waals surface area contributed by atoms with Gasteiger partial charge in [-0.1, -0.05) is 90.4 Å². The number of thioether (sulfide) groups is 1. The third-order valence-corrected chi connectivity index (χ3v) is 7.05. The van der Waals surface area contributed by atoms with Gasteiger partial charge in [0.1, 0.15) is 5.03 Å². The number of aryl methyl sites for hydroxylation is 1. The second kappa shape index (κ2) is 15.7. The molecule has 0 unspecified atom stereocenters. The minimum Gasteiger partial charge on any atom is -0.309 e. The molecule has 1 aromatic rings. The van der Waals surface area contributed by atoms with E-state index in [0.29, 0.717) is 0 Å². The lowest BCUT2D eigenvalue weighted by Gasteiger charge is -2.05. The zero-order chi connectivity index (χ0) is 19.0. The molecule has 3 nitrogen and oxygen atoms in total. The SMILES string of the molecule is CCCCCCCCCCCCCCCCSc1nc(=O)[nH]c(C)c1Br. The Balaban J connectivity index is 1.89. The molecule has 0 aliphatic carbocycles. The fraction of sp³-hybridized carbons (Fsp3) is 0.810. The number of nitrogens with zero attached hydrogens (tertiary/aromatic N) is 1. The molecule has 1 rings (SSSR count). The van der Waals surface area contributed by atoms with Crippen molar-refractivity contribution >= 4 is 27.7 Å². The van der Waals surface area contributed by atoms with E-state index in [0.717, 1.165) is 20.9 Å². The molecule has 0 amide bonds. The van der Waals surface area contributed by atoms with Gasteiger partial charge < -0.3 is 4.98 Å². The third-order valence-electron chi connectivity index (χ3n) is 4.75. The Labute approximate surface area is 172 Å². The van der Waals surface area contributed by atoms with Gasteiger partial charge in [-0.05, 0) is 35.0 Å².